The Balaban J connectivity index is 0.952. The number of rotatable bonds is 12. The largest absolute Gasteiger partial charge is 0.445 e. The van der Waals surface area contributed by atoms with Gasteiger partial charge in [0.15, 0.2) is 6.29 Å². The van der Waals surface area contributed by atoms with Crippen LogP contribution in [0.3, 0.4) is 0 Å². The number of alkyl carbamates (subject to hydrolysis) is 1. The molecule has 12 heteroatoms. The van der Waals surface area contributed by atoms with Crippen molar-refractivity contribution in [2.45, 2.75) is 76.1 Å². The molecular formula is C49H50ClN3O8. The summed E-state index contributed by atoms with van der Waals surface area (Å²) >= 11 is 6.12. The first-order valence-corrected chi connectivity index (χ1v) is 21.2. The van der Waals surface area contributed by atoms with Crippen molar-refractivity contribution in [3.05, 3.63) is 166 Å². The van der Waals surface area contributed by atoms with Crippen LogP contribution >= 0.6 is 11.6 Å². The Hall–Kier alpha value is -5.40. The number of carbonyl (C=O) groups excluding carboxylic acids is 3. The first kappa shape index (κ1) is 42.3. The molecule has 3 fully saturated rings. The SMILES string of the molecule is C[C@@H]1[C@H](CN2CCC(O)(c3ccc(Cl)cc3)CC2)O[C@H](c2ccc(-c3ccccc3CN3C(=O)CC(NC(=O)OCc4ccccc4)C3=O)cc2)O[C@@H]1c1ccc(CO)cc1. The van der Waals surface area contributed by atoms with Crippen molar-refractivity contribution in [2.24, 2.45) is 5.92 Å². The molecule has 0 radical (unpaired) electrons. The van der Waals surface area contributed by atoms with Crippen LogP contribution in [0, 0.1) is 5.92 Å². The average Bonchev–Trinajstić information content (AvgIpc) is 3.55. The van der Waals surface area contributed by atoms with Gasteiger partial charge in [-0.2, -0.15) is 0 Å². The monoisotopic (exact) mass is 843 g/mol. The van der Waals surface area contributed by atoms with Crippen molar-refractivity contribution < 1.29 is 38.8 Å². The van der Waals surface area contributed by atoms with Gasteiger partial charge < -0.3 is 34.6 Å². The number of benzene rings is 5. The number of hydrogen-bond acceptors (Lipinski definition) is 9. The second-order valence-corrected chi connectivity index (χ2v) is 16.7. The van der Waals surface area contributed by atoms with E-state index in [2.05, 4.69) is 17.1 Å². The molecule has 0 aromatic heterocycles. The normalized spacial score (nSPS) is 22.9. The third kappa shape index (κ3) is 9.73. The van der Waals surface area contributed by atoms with Crippen LogP contribution in [0.4, 0.5) is 4.79 Å². The fourth-order valence-corrected chi connectivity index (χ4v) is 8.66. The van der Waals surface area contributed by atoms with E-state index >= 15 is 0 Å². The molecular weight excluding hydrogens is 794 g/mol. The van der Waals surface area contributed by atoms with Crippen molar-refractivity contribution in [2.75, 3.05) is 19.6 Å². The topological polar surface area (TPSA) is 138 Å². The lowest BCUT2D eigenvalue weighted by molar-refractivity contribution is -0.277. The molecule has 0 saturated carbocycles. The van der Waals surface area contributed by atoms with E-state index in [1.54, 1.807) is 0 Å². The summed E-state index contributed by atoms with van der Waals surface area (Å²) in [6.07, 6.45) is -0.877. The minimum atomic E-state index is -1.01. The zero-order valence-electron chi connectivity index (χ0n) is 34.0. The van der Waals surface area contributed by atoms with Crippen molar-refractivity contribution in [1.29, 1.82) is 0 Å². The highest BCUT2D eigenvalue weighted by Gasteiger charge is 2.42. The fourth-order valence-electron chi connectivity index (χ4n) is 8.54. The Bertz CT molecular complexity index is 2300. The van der Waals surface area contributed by atoms with E-state index in [0.717, 1.165) is 44.5 Å². The molecule has 1 unspecified atom stereocenters. The van der Waals surface area contributed by atoms with Crippen molar-refractivity contribution in [3.8, 4) is 11.1 Å². The number of amides is 3. The molecule has 61 heavy (non-hydrogen) atoms. The number of carbonyl (C=O) groups is 3. The fraction of sp³-hybridized carbons (Fsp3) is 0.327. The van der Waals surface area contributed by atoms with Gasteiger partial charge in [0.2, 0.25) is 5.91 Å². The second-order valence-electron chi connectivity index (χ2n) is 16.2. The van der Waals surface area contributed by atoms with E-state index in [1.807, 2.05) is 127 Å². The first-order chi connectivity index (χ1) is 29.6. The number of likely N-dealkylation sites (tertiary alicyclic amines) is 2. The molecule has 0 bridgehead atoms. The molecule has 3 amide bonds. The van der Waals surface area contributed by atoms with E-state index in [-0.39, 0.29) is 50.2 Å². The maximum absolute atomic E-state index is 13.4. The zero-order chi connectivity index (χ0) is 42.5. The Morgan fingerprint density at radius 1 is 0.836 bits per heavy atom. The van der Waals surface area contributed by atoms with Crippen LogP contribution in [-0.4, -0.2) is 69.7 Å². The van der Waals surface area contributed by atoms with E-state index in [0.29, 0.717) is 37.5 Å². The van der Waals surface area contributed by atoms with Crippen LogP contribution in [-0.2, 0) is 49.2 Å². The molecule has 8 rings (SSSR count). The number of halogens is 1. The van der Waals surface area contributed by atoms with E-state index in [4.69, 9.17) is 25.8 Å². The number of imide groups is 1. The number of nitrogens with one attached hydrogen (secondary N) is 1. The van der Waals surface area contributed by atoms with Crippen molar-refractivity contribution in [1.82, 2.24) is 15.1 Å². The van der Waals surface area contributed by atoms with Crippen LogP contribution in [0.25, 0.3) is 11.1 Å². The van der Waals surface area contributed by atoms with Gasteiger partial charge in [0.05, 0.1) is 37.4 Å². The Labute approximate surface area is 360 Å². The molecule has 316 valence electrons. The van der Waals surface area contributed by atoms with Gasteiger partial charge in [-0.05, 0) is 63.9 Å². The van der Waals surface area contributed by atoms with Gasteiger partial charge in [-0.25, -0.2) is 4.79 Å². The molecule has 11 nitrogen and oxygen atoms in total. The van der Waals surface area contributed by atoms with Crippen LogP contribution in [0.2, 0.25) is 5.02 Å². The smallest absolute Gasteiger partial charge is 0.408 e. The summed E-state index contributed by atoms with van der Waals surface area (Å²) in [6, 6.07) is 39.1. The highest BCUT2D eigenvalue weighted by molar-refractivity contribution is 6.30. The molecule has 0 spiro atoms. The lowest BCUT2D eigenvalue weighted by Gasteiger charge is -2.45. The highest BCUT2D eigenvalue weighted by Crippen LogP contribution is 2.43. The van der Waals surface area contributed by atoms with E-state index in [9.17, 15) is 24.6 Å². The number of aliphatic hydroxyl groups is 2. The van der Waals surface area contributed by atoms with Gasteiger partial charge in [-0.1, -0.05) is 134 Å². The molecule has 5 aromatic rings. The Kier molecular flexibility index (Phi) is 13.0. The summed E-state index contributed by atoms with van der Waals surface area (Å²) in [7, 11) is 0. The van der Waals surface area contributed by atoms with Gasteiger partial charge in [-0.3, -0.25) is 14.5 Å². The summed E-state index contributed by atoms with van der Waals surface area (Å²) in [5.74, 6) is -0.865. The predicted octanol–water partition coefficient (Wildman–Crippen LogP) is 7.83. The van der Waals surface area contributed by atoms with E-state index in [1.165, 1.54) is 4.90 Å². The summed E-state index contributed by atoms with van der Waals surface area (Å²) in [5.41, 5.74) is 5.95. The van der Waals surface area contributed by atoms with Crippen molar-refractivity contribution in [3.63, 3.8) is 0 Å². The van der Waals surface area contributed by atoms with Gasteiger partial charge in [0, 0.05) is 36.1 Å². The minimum absolute atomic E-state index is 0.00908. The minimum Gasteiger partial charge on any atom is -0.445 e. The standard InChI is InChI=1S/C49H50ClN3O8/c1-32-43(29-52-25-23-49(58,24-26-52)39-19-21-40(50)22-20-39)60-47(61-45(32)36-13-11-33(30-54)12-14-36)37-17-15-35(16-18-37)41-10-6-5-9-38(41)28-53-44(55)27-42(46(53)56)51-48(57)59-31-34-7-3-2-4-8-34/h2-22,32,42-43,45,47,54,58H,23-31H2,1H3,(H,51,57)/t32-,42?,43+,45+,47+/m1/s1. The number of ether oxygens (including phenoxy) is 3. The van der Waals surface area contributed by atoms with Crippen molar-refractivity contribution >= 4 is 29.5 Å². The van der Waals surface area contributed by atoms with E-state index < -0.39 is 29.9 Å². The molecule has 5 atom stereocenters. The highest BCUT2D eigenvalue weighted by atomic mass is 35.5. The Morgan fingerprint density at radius 3 is 2.21 bits per heavy atom. The van der Waals surface area contributed by atoms with Gasteiger partial charge in [-0.15, -0.1) is 0 Å². The van der Waals surface area contributed by atoms with Crippen LogP contribution < -0.4 is 5.32 Å². The lowest BCUT2D eigenvalue weighted by Crippen LogP contribution is -2.49. The molecule has 3 aliphatic rings. The zero-order valence-corrected chi connectivity index (χ0v) is 34.7. The number of piperidine rings is 1. The number of nitrogens with zero attached hydrogens (tertiary/aromatic N) is 2. The molecule has 3 aliphatic heterocycles. The summed E-state index contributed by atoms with van der Waals surface area (Å²) < 4.78 is 18.8. The predicted molar refractivity (Wildman–Crippen MR) is 230 cm³/mol. The van der Waals surface area contributed by atoms with Crippen LogP contribution in [0.15, 0.2) is 127 Å². The number of hydrogen-bond donors (Lipinski definition) is 3. The molecule has 3 saturated heterocycles. The third-order valence-electron chi connectivity index (χ3n) is 12.2. The van der Waals surface area contributed by atoms with Crippen LogP contribution in [0.1, 0.15) is 72.0 Å². The lowest BCUT2D eigenvalue weighted by atomic mass is 9.84. The maximum Gasteiger partial charge on any atom is 0.408 e. The molecule has 5 aromatic carbocycles. The molecule has 3 N–H and O–H groups in total. The first-order valence-electron chi connectivity index (χ1n) is 20.8. The van der Waals surface area contributed by atoms with Gasteiger partial charge in [0.25, 0.3) is 5.91 Å². The summed E-state index contributed by atoms with van der Waals surface area (Å²) in [6.45, 7) is 4.26. The maximum atomic E-state index is 13.4. The van der Waals surface area contributed by atoms with Crippen LogP contribution in [0.5, 0.6) is 0 Å². The Morgan fingerprint density at radius 2 is 1.51 bits per heavy atom. The summed E-state index contributed by atoms with van der Waals surface area (Å²) in [5, 5.41) is 24.5. The van der Waals surface area contributed by atoms with Gasteiger partial charge >= 0.3 is 6.09 Å². The number of aliphatic hydroxyl groups excluding tert-OH is 1. The molecule has 0 aliphatic carbocycles. The van der Waals surface area contributed by atoms with Gasteiger partial charge in [0.1, 0.15) is 12.6 Å². The third-order valence-corrected chi connectivity index (χ3v) is 12.5. The second kappa shape index (κ2) is 18.7. The average molecular weight is 844 g/mol. The summed E-state index contributed by atoms with van der Waals surface area (Å²) in [4.78, 5) is 42.6. The molecule has 3 heterocycles. The quantitative estimate of drug-likeness (QED) is 0.107.